The molecule has 1 aliphatic heterocycles. The molecule has 0 amide bonds. The number of hydrogen-bond donors (Lipinski definition) is 1. The van der Waals surface area contributed by atoms with E-state index in [0.29, 0.717) is 6.04 Å². The zero-order valence-corrected chi connectivity index (χ0v) is 12.9. The normalized spacial score (nSPS) is 23.1. The highest BCUT2D eigenvalue weighted by Crippen LogP contribution is 2.27. The van der Waals surface area contributed by atoms with E-state index >= 15 is 0 Å². The van der Waals surface area contributed by atoms with Crippen molar-refractivity contribution in [3.8, 4) is 0 Å². The van der Waals surface area contributed by atoms with Gasteiger partial charge in [-0.1, -0.05) is 18.2 Å². The maximum atomic E-state index is 6.67. The van der Waals surface area contributed by atoms with Gasteiger partial charge in [-0.15, -0.1) is 0 Å². The zero-order valence-electron chi connectivity index (χ0n) is 12.9. The summed E-state index contributed by atoms with van der Waals surface area (Å²) in [5.41, 5.74) is 7.89. The van der Waals surface area contributed by atoms with Crippen LogP contribution < -0.4 is 5.73 Å². The molecule has 0 spiro atoms. The van der Waals surface area contributed by atoms with E-state index in [9.17, 15) is 0 Å². The van der Waals surface area contributed by atoms with Crippen LogP contribution in [0.5, 0.6) is 0 Å². The molecule has 2 N–H and O–H groups in total. The second-order valence-electron chi connectivity index (χ2n) is 6.13. The maximum absolute atomic E-state index is 6.67. The van der Waals surface area contributed by atoms with Gasteiger partial charge in [0.1, 0.15) is 0 Å². The Kier molecular flexibility index (Phi) is 4.19. The number of benzene rings is 1. The van der Waals surface area contributed by atoms with E-state index < -0.39 is 0 Å². The van der Waals surface area contributed by atoms with Crippen molar-refractivity contribution >= 4 is 10.8 Å². The van der Waals surface area contributed by atoms with E-state index in [-0.39, 0.29) is 6.04 Å². The third kappa shape index (κ3) is 2.93. The summed E-state index contributed by atoms with van der Waals surface area (Å²) in [4.78, 5) is 9.01. The SMILES string of the molecule is CN1CCCN(C)C(C(N)c2cccc3cnccc23)C1. The van der Waals surface area contributed by atoms with Crippen molar-refractivity contribution in [3.05, 3.63) is 42.2 Å². The van der Waals surface area contributed by atoms with Crippen LogP contribution >= 0.6 is 0 Å². The van der Waals surface area contributed by atoms with Crippen LogP contribution in [0.1, 0.15) is 18.0 Å². The van der Waals surface area contributed by atoms with Crippen molar-refractivity contribution in [2.24, 2.45) is 5.73 Å². The summed E-state index contributed by atoms with van der Waals surface area (Å²) in [6, 6.07) is 8.77. The van der Waals surface area contributed by atoms with Gasteiger partial charge in [0, 0.05) is 36.4 Å². The number of pyridine rings is 1. The van der Waals surface area contributed by atoms with Crippen LogP contribution in [0.25, 0.3) is 10.8 Å². The third-order valence-corrected chi connectivity index (χ3v) is 4.60. The first kappa shape index (κ1) is 14.4. The molecule has 0 radical (unpaired) electrons. The first-order valence-electron chi connectivity index (χ1n) is 7.64. The van der Waals surface area contributed by atoms with Crippen molar-refractivity contribution in [1.29, 1.82) is 0 Å². The Balaban J connectivity index is 1.97. The molecule has 0 aliphatic carbocycles. The predicted molar refractivity (Wildman–Crippen MR) is 87.2 cm³/mol. The van der Waals surface area contributed by atoms with Crippen molar-refractivity contribution in [1.82, 2.24) is 14.8 Å². The largest absolute Gasteiger partial charge is 0.323 e. The number of nitrogens with two attached hydrogens (primary N) is 1. The van der Waals surface area contributed by atoms with Gasteiger partial charge in [-0.2, -0.15) is 0 Å². The molecular weight excluding hydrogens is 260 g/mol. The van der Waals surface area contributed by atoms with E-state index in [1.165, 1.54) is 17.4 Å². The molecule has 1 aromatic carbocycles. The van der Waals surface area contributed by atoms with Gasteiger partial charge in [0.25, 0.3) is 0 Å². The predicted octanol–water partition coefficient (Wildman–Crippen LogP) is 1.87. The highest BCUT2D eigenvalue weighted by Gasteiger charge is 2.27. The smallest absolute Gasteiger partial charge is 0.0471 e. The first-order valence-corrected chi connectivity index (χ1v) is 7.64. The lowest BCUT2D eigenvalue weighted by Crippen LogP contribution is -2.45. The second-order valence-corrected chi connectivity index (χ2v) is 6.13. The standard InChI is InChI=1S/C17H24N4/c1-20-9-4-10-21(2)16(12-20)17(18)15-6-3-5-13-11-19-8-7-14(13)15/h3,5-8,11,16-17H,4,9-10,12,18H2,1-2H3. The monoisotopic (exact) mass is 284 g/mol. The quantitative estimate of drug-likeness (QED) is 0.914. The molecule has 4 nitrogen and oxygen atoms in total. The summed E-state index contributed by atoms with van der Waals surface area (Å²) < 4.78 is 0. The average molecular weight is 284 g/mol. The molecule has 3 rings (SSSR count). The minimum atomic E-state index is 0.0154. The van der Waals surface area contributed by atoms with E-state index in [1.807, 2.05) is 12.4 Å². The van der Waals surface area contributed by atoms with Gasteiger partial charge >= 0.3 is 0 Å². The zero-order chi connectivity index (χ0) is 14.8. The van der Waals surface area contributed by atoms with Gasteiger partial charge in [0.05, 0.1) is 0 Å². The fourth-order valence-electron chi connectivity index (χ4n) is 3.34. The van der Waals surface area contributed by atoms with E-state index in [1.54, 1.807) is 0 Å². The molecule has 4 heteroatoms. The number of fused-ring (bicyclic) bond motifs is 1. The van der Waals surface area contributed by atoms with Crippen LogP contribution in [0.15, 0.2) is 36.7 Å². The number of aromatic nitrogens is 1. The lowest BCUT2D eigenvalue weighted by molar-refractivity contribution is 0.197. The molecule has 1 aromatic heterocycles. The topological polar surface area (TPSA) is 45.4 Å². The van der Waals surface area contributed by atoms with Crippen LogP contribution in [-0.2, 0) is 0 Å². The van der Waals surface area contributed by atoms with Crippen molar-refractivity contribution < 1.29 is 0 Å². The minimum absolute atomic E-state index is 0.0154. The molecular formula is C17H24N4. The van der Waals surface area contributed by atoms with Crippen molar-refractivity contribution in [2.45, 2.75) is 18.5 Å². The Labute approximate surface area is 126 Å². The van der Waals surface area contributed by atoms with E-state index in [0.717, 1.165) is 25.0 Å². The van der Waals surface area contributed by atoms with Crippen LogP contribution in [0.2, 0.25) is 0 Å². The van der Waals surface area contributed by atoms with Gasteiger partial charge in [0.15, 0.2) is 0 Å². The van der Waals surface area contributed by atoms with Gasteiger partial charge < -0.3 is 15.5 Å². The second kappa shape index (κ2) is 6.10. The number of likely N-dealkylation sites (N-methyl/N-ethyl adjacent to an activating group) is 2. The van der Waals surface area contributed by atoms with Crippen LogP contribution in [-0.4, -0.2) is 54.6 Å². The molecule has 2 aromatic rings. The molecule has 112 valence electrons. The number of rotatable bonds is 2. The average Bonchev–Trinajstić information content (AvgIpc) is 2.67. The Hall–Kier alpha value is -1.49. The molecule has 21 heavy (non-hydrogen) atoms. The van der Waals surface area contributed by atoms with Crippen LogP contribution in [0.3, 0.4) is 0 Å². The summed E-state index contributed by atoms with van der Waals surface area (Å²) in [6.45, 7) is 3.27. The van der Waals surface area contributed by atoms with Gasteiger partial charge in [-0.25, -0.2) is 0 Å². The summed E-state index contributed by atoms with van der Waals surface area (Å²) in [6.07, 6.45) is 4.96. The fraction of sp³-hybridized carbons (Fsp3) is 0.471. The Bertz CT molecular complexity index is 607. The Morgan fingerprint density at radius 1 is 1.24 bits per heavy atom. The lowest BCUT2D eigenvalue weighted by Gasteiger charge is -2.33. The lowest BCUT2D eigenvalue weighted by atomic mass is 9.94. The molecule has 1 aliphatic rings. The third-order valence-electron chi connectivity index (χ3n) is 4.60. The summed E-state index contributed by atoms with van der Waals surface area (Å²) in [7, 11) is 4.38. The Morgan fingerprint density at radius 3 is 2.95 bits per heavy atom. The summed E-state index contributed by atoms with van der Waals surface area (Å²) in [5.74, 6) is 0. The summed E-state index contributed by atoms with van der Waals surface area (Å²) in [5, 5.41) is 2.38. The molecule has 0 bridgehead atoms. The fourth-order valence-corrected chi connectivity index (χ4v) is 3.34. The molecule has 0 saturated carbocycles. The number of hydrogen-bond acceptors (Lipinski definition) is 4. The highest BCUT2D eigenvalue weighted by molar-refractivity contribution is 5.85. The molecule has 1 fully saturated rings. The van der Waals surface area contributed by atoms with Gasteiger partial charge in [-0.3, -0.25) is 4.98 Å². The van der Waals surface area contributed by atoms with Crippen molar-refractivity contribution in [2.75, 3.05) is 33.7 Å². The molecule has 2 unspecified atom stereocenters. The molecule has 1 saturated heterocycles. The summed E-state index contributed by atoms with van der Waals surface area (Å²) >= 11 is 0. The maximum Gasteiger partial charge on any atom is 0.0471 e. The molecule has 2 heterocycles. The first-order chi connectivity index (χ1) is 10.2. The van der Waals surface area contributed by atoms with Gasteiger partial charge in [0.2, 0.25) is 0 Å². The highest BCUT2D eigenvalue weighted by atomic mass is 15.2. The van der Waals surface area contributed by atoms with Crippen LogP contribution in [0, 0.1) is 0 Å². The number of nitrogens with zero attached hydrogens (tertiary/aromatic N) is 3. The van der Waals surface area contributed by atoms with E-state index in [4.69, 9.17) is 5.73 Å². The molecule has 2 atom stereocenters. The van der Waals surface area contributed by atoms with Gasteiger partial charge in [-0.05, 0) is 50.6 Å². The Morgan fingerprint density at radius 2 is 2.10 bits per heavy atom. The van der Waals surface area contributed by atoms with Crippen LogP contribution in [0.4, 0.5) is 0 Å². The van der Waals surface area contributed by atoms with Crippen molar-refractivity contribution in [3.63, 3.8) is 0 Å². The van der Waals surface area contributed by atoms with E-state index in [2.05, 4.69) is 53.1 Å². The minimum Gasteiger partial charge on any atom is -0.323 e.